The standard InChI is InChI=1S/C20H19NO2S2/c22-16-6-3-5-15(13-16)10-11-21-20(23)18-8-1-2-9-19(18)25-14-17-7-4-12-24-17/h1-9,12-13,22H,10-11,14H2,(H,21,23). The van der Waals surface area contributed by atoms with Crippen LogP contribution in [0.2, 0.25) is 0 Å². The number of amides is 1. The van der Waals surface area contributed by atoms with Gasteiger partial charge < -0.3 is 10.4 Å². The van der Waals surface area contributed by atoms with Crippen LogP contribution in [0.25, 0.3) is 0 Å². The number of hydrogen-bond donors (Lipinski definition) is 2. The highest BCUT2D eigenvalue weighted by Crippen LogP contribution is 2.27. The molecule has 0 saturated heterocycles. The molecule has 0 aliphatic carbocycles. The molecule has 0 atom stereocenters. The first kappa shape index (κ1) is 17.6. The fourth-order valence-corrected chi connectivity index (χ4v) is 4.27. The Kier molecular flexibility index (Phi) is 6.14. The van der Waals surface area contributed by atoms with Gasteiger partial charge in [0.2, 0.25) is 0 Å². The molecular formula is C20H19NO2S2. The minimum atomic E-state index is -0.0607. The van der Waals surface area contributed by atoms with Crippen molar-refractivity contribution in [2.45, 2.75) is 17.1 Å². The number of carbonyl (C=O) groups is 1. The van der Waals surface area contributed by atoms with Gasteiger partial charge in [-0.2, -0.15) is 0 Å². The largest absolute Gasteiger partial charge is 0.508 e. The van der Waals surface area contributed by atoms with Crippen LogP contribution in [-0.4, -0.2) is 17.6 Å². The van der Waals surface area contributed by atoms with E-state index in [0.29, 0.717) is 18.5 Å². The van der Waals surface area contributed by atoms with E-state index < -0.39 is 0 Å². The van der Waals surface area contributed by atoms with Gasteiger partial charge in [-0.25, -0.2) is 0 Å². The highest BCUT2D eigenvalue weighted by molar-refractivity contribution is 7.98. The number of phenolic OH excluding ortho intramolecular Hbond substituents is 1. The normalized spacial score (nSPS) is 10.6. The number of benzene rings is 2. The summed E-state index contributed by atoms with van der Waals surface area (Å²) >= 11 is 3.41. The summed E-state index contributed by atoms with van der Waals surface area (Å²) in [5.74, 6) is 1.05. The number of nitrogens with one attached hydrogen (secondary N) is 1. The molecule has 2 N–H and O–H groups in total. The van der Waals surface area contributed by atoms with E-state index in [-0.39, 0.29) is 11.7 Å². The molecule has 1 aromatic heterocycles. The Hall–Kier alpha value is -2.24. The third kappa shape index (κ3) is 5.11. The molecule has 0 radical (unpaired) electrons. The zero-order valence-electron chi connectivity index (χ0n) is 13.6. The molecule has 1 amide bonds. The van der Waals surface area contributed by atoms with Crippen molar-refractivity contribution in [1.29, 1.82) is 0 Å². The van der Waals surface area contributed by atoms with Crippen LogP contribution in [-0.2, 0) is 12.2 Å². The molecule has 2 aromatic carbocycles. The highest BCUT2D eigenvalue weighted by atomic mass is 32.2. The van der Waals surface area contributed by atoms with Crippen LogP contribution < -0.4 is 5.32 Å². The monoisotopic (exact) mass is 369 g/mol. The molecule has 3 aromatic rings. The molecule has 0 bridgehead atoms. The van der Waals surface area contributed by atoms with Gasteiger partial charge in [-0.1, -0.05) is 30.3 Å². The zero-order valence-corrected chi connectivity index (χ0v) is 15.3. The average molecular weight is 370 g/mol. The smallest absolute Gasteiger partial charge is 0.252 e. The third-order valence-electron chi connectivity index (χ3n) is 3.69. The van der Waals surface area contributed by atoms with Crippen molar-refractivity contribution in [3.8, 4) is 5.75 Å². The van der Waals surface area contributed by atoms with Crippen molar-refractivity contribution < 1.29 is 9.90 Å². The van der Waals surface area contributed by atoms with Crippen LogP contribution in [0.3, 0.4) is 0 Å². The predicted octanol–water partition coefficient (Wildman–Crippen LogP) is 4.72. The summed E-state index contributed by atoms with van der Waals surface area (Å²) in [6.45, 7) is 0.534. The second kappa shape index (κ2) is 8.74. The average Bonchev–Trinajstić information content (AvgIpc) is 3.14. The minimum absolute atomic E-state index is 0.0607. The molecule has 0 spiro atoms. The Morgan fingerprint density at radius 3 is 2.76 bits per heavy atom. The Morgan fingerprint density at radius 2 is 1.96 bits per heavy atom. The number of thioether (sulfide) groups is 1. The first-order valence-electron chi connectivity index (χ1n) is 8.03. The second-order valence-corrected chi connectivity index (χ2v) is 7.59. The van der Waals surface area contributed by atoms with Gasteiger partial charge in [-0.3, -0.25) is 4.79 Å². The Balaban J connectivity index is 1.58. The molecule has 5 heteroatoms. The highest BCUT2D eigenvalue weighted by Gasteiger charge is 2.11. The van der Waals surface area contributed by atoms with E-state index in [2.05, 4.69) is 16.8 Å². The third-order valence-corrected chi connectivity index (χ3v) is 5.87. The predicted molar refractivity (Wildman–Crippen MR) is 104 cm³/mol. The minimum Gasteiger partial charge on any atom is -0.508 e. The van der Waals surface area contributed by atoms with E-state index in [9.17, 15) is 9.90 Å². The maximum absolute atomic E-state index is 12.5. The van der Waals surface area contributed by atoms with Crippen LogP contribution >= 0.6 is 23.1 Å². The van der Waals surface area contributed by atoms with E-state index in [1.54, 1.807) is 35.2 Å². The quantitative estimate of drug-likeness (QED) is 0.593. The SMILES string of the molecule is O=C(NCCc1cccc(O)c1)c1ccccc1SCc1cccs1. The van der Waals surface area contributed by atoms with Gasteiger partial charge in [-0.05, 0) is 47.7 Å². The summed E-state index contributed by atoms with van der Waals surface area (Å²) < 4.78 is 0. The topological polar surface area (TPSA) is 49.3 Å². The van der Waals surface area contributed by atoms with Gasteiger partial charge in [0.25, 0.3) is 5.91 Å². The molecule has 0 saturated carbocycles. The fraction of sp³-hybridized carbons (Fsp3) is 0.150. The van der Waals surface area contributed by atoms with Gasteiger partial charge in [0.05, 0.1) is 5.56 Å². The van der Waals surface area contributed by atoms with Crippen molar-refractivity contribution in [3.63, 3.8) is 0 Å². The van der Waals surface area contributed by atoms with Crippen LogP contribution in [0.5, 0.6) is 5.75 Å². The second-order valence-electron chi connectivity index (χ2n) is 5.54. The fourth-order valence-electron chi connectivity index (χ4n) is 2.45. The molecule has 0 aliphatic rings. The maximum Gasteiger partial charge on any atom is 0.252 e. The number of rotatable bonds is 7. The van der Waals surface area contributed by atoms with Crippen molar-refractivity contribution in [2.75, 3.05) is 6.54 Å². The molecule has 1 heterocycles. The summed E-state index contributed by atoms with van der Waals surface area (Å²) in [4.78, 5) is 14.8. The van der Waals surface area contributed by atoms with E-state index in [0.717, 1.165) is 16.2 Å². The van der Waals surface area contributed by atoms with Crippen LogP contribution in [0, 0.1) is 0 Å². The molecular weight excluding hydrogens is 350 g/mol. The molecule has 3 rings (SSSR count). The molecule has 128 valence electrons. The first-order valence-corrected chi connectivity index (χ1v) is 9.89. The van der Waals surface area contributed by atoms with Gasteiger partial charge in [-0.15, -0.1) is 23.1 Å². The van der Waals surface area contributed by atoms with Crippen molar-refractivity contribution in [3.05, 3.63) is 82.0 Å². The number of carbonyl (C=O) groups excluding carboxylic acids is 1. The lowest BCUT2D eigenvalue weighted by molar-refractivity contribution is 0.0951. The molecule has 0 unspecified atom stereocenters. The zero-order chi connectivity index (χ0) is 17.5. The summed E-state index contributed by atoms with van der Waals surface area (Å²) in [7, 11) is 0. The summed E-state index contributed by atoms with van der Waals surface area (Å²) in [6.07, 6.45) is 0.685. The van der Waals surface area contributed by atoms with E-state index in [1.807, 2.05) is 42.5 Å². The van der Waals surface area contributed by atoms with Crippen molar-refractivity contribution in [2.24, 2.45) is 0 Å². The van der Waals surface area contributed by atoms with Crippen LogP contribution in [0.15, 0.2) is 70.9 Å². The number of phenols is 1. The Bertz CT molecular complexity index is 831. The van der Waals surface area contributed by atoms with Crippen LogP contribution in [0.4, 0.5) is 0 Å². The van der Waals surface area contributed by atoms with Gasteiger partial charge in [0.1, 0.15) is 5.75 Å². The molecule has 0 aliphatic heterocycles. The Morgan fingerprint density at radius 1 is 1.08 bits per heavy atom. The number of aromatic hydroxyl groups is 1. The van der Waals surface area contributed by atoms with Gasteiger partial charge >= 0.3 is 0 Å². The van der Waals surface area contributed by atoms with Crippen molar-refractivity contribution in [1.82, 2.24) is 5.32 Å². The van der Waals surface area contributed by atoms with E-state index in [4.69, 9.17) is 0 Å². The van der Waals surface area contributed by atoms with Gasteiger partial charge in [0.15, 0.2) is 0 Å². The number of hydrogen-bond acceptors (Lipinski definition) is 4. The lowest BCUT2D eigenvalue weighted by Crippen LogP contribution is -2.26. The lowest BCUT2D eigenvalue weighted by atomic mass is 10.1. The lowest BCUT2D eigenvalue weighted by Gasteiger charge is -2.10. The van der Waals surface area contributed by atoms with Gasteiger partial charge in [0, 0.05) is 22.1 Å². The van der Waals surface area contributed by atoms with E-state index >= 15 is 0 Å². The molecule has 0 fully saturated rings. The van der Waals surface area contributed by atoms with E-state index in [1.165, 1.54) is 4.88 Å². The van der Waals surface area contributed by atoms with Crippen LogP contribution in [0.1, 0.15) is 20.8 Å². The maximum atomic E-state index is 12.5. The summed E-state index contributed by atoms with van der Waals surface area (Å²) in [6, 6.07) is 19.0. The van der Waals surface area contributed by atoms with Crippen molar-refractivity contribution >= 4 is 29.0 Å². The Labute approximate surface area is 155 Å². The molecule has 25 heavy (non-hydrogen) atoms. The number of thiophene rings is 1. The summed E-state index contributed by atoms with van der Waals surface area (Å²) in [5, 5.41) is 14.5. The first-order chi connectivity index (χ1) is 12.2. The molecule has 3 nitrogen and oxygen atoms in total. The summed E-state index contributed by atoms with van der Waals surface area (Å²) in [5.41, 5.74) is 1.71.